The number of amides is 1. The van der Waals surface area contributed by atoms with E-state index in [4.69, 9.17) is 9.47 Å². The Morgan fingerprint density at radius 2 is 1.80 bits per heavy atom. The minimum atomic E-state index is -0.301. The SMILES string of the molecule is O=C(COc1cccnc1)N1CCC(N2CCC(Oc3ccccc3F)CC2)CC1. The van der Waals surface area contributed by atoms with E-state index in [-0.39, 0.29) is 24.4 Å². The van der Waals surface area contributed by atoms with E-state index in [1.807, 2.05) is 4.90 Å². The molecule has 2 aliphatic rings. The predicted octanol–water partition coefficient (Wildman–Crippen LogP) is 3.13. The van der Waals surface area contributed by atoms with Gasteiger partial charge in [-0.25, -0.2) is 4.39 Å². The summed E-state index contributed by atoms with van der Waals surface area (Å²) < 4.78 is 25.2. The summed E-state index contributed by atoms with van der Waals surface area (Å²) in [7, 11) is 0. The van der Waals surface area contributed by atoms with Gasteiger partial charge < -0.3 is 14.4 Å². The molecule has 7 heteroatoms. The maximum absolute atomic E-state index is 13.8. The molecular formula is C23H28FN3O3. The Balaban J connectivity index is 1.18. The fourth-order valence-corrected chi connectivity index (χ4v) is 4.23. The number of halogens is 1. The molecule has 0 unspecified atom stereocenters. The number of hydrogen-bond acceptors (Lipinski definition) is 5. The van der Waals surface area contributed by atoms with Gasteiger partial charge in [0.15, 0.2) is 18.2 Å². The molecule has 0 aliphatic carbocycles. The van der Waals surface area contributed by atoms with E-state index in [1.165, 1.54) is 6.07 Å². The number of para-hydroxylation sites is 1. The van der Waals surface area contributed by atoms with E-state index in [0.29, 0.717) is 17.5 Å². The zero-order chi connectivity index (χ0) is 20.8. The van der Waals surface area contributed by atoms with Crippen molar-refractivity contribution in [3.8, 4) is 11.5 Å². The molecule has 2 aliphatic heterocycles. The molecule has 1 amide bonds. The van der Waals surface area contributed by atoms with Crippen molar-refractivity contribution in [1.29, 1.82) is 0 Å². The first-order valence-electron chi connectivity index (χ1n) is 10.6. The summed E-state index contributed by atoms with van der Waals surface area (Å²) in [4.78, 5) is 20.8. The van der Waals surface area contributed by atoms with Crippen LogP contribution in [-0.2, 0) is 4.79 Å². The summed E-state index contributed by atoms with van der Waals surface area (Å²) in [5, 5.41) is 0. The summed E-state index contributed by atoms with van der Waals surface area (Å²) in [6.07, 6.45) is 7.07. The average molecular weight is 413 g/mol. The molecule has 1 aromatic heterocycles. The topological polar surface area (TPSA) is 54.9 Å². The molecule has 0 saturated carbocycles. The van der Waals surface area contributed by atoms with E-state index in [1.54, 1.807) is 42.7 Å². The molecule has 0 radical (unpaired) electrons. The second-order valence-electron chi connectivity index (χ2n) is 7.87. The number of likely N-dealkylation sites (tertiary alicyclic amines) is 2. The quantitative estimate of drug-likeness (QED) is 0.728. The van der Waals surface area contributed by atoms with Crippen LogP contribution in [0.25, 0.3) is 0 Å². The Morgan fingerprint density at radius 3 is 2.50 bits per heavy atom. The maximum atomic E-state index is 13.8. The van der Waals surface area contributed by atoms with E-state index >= 15 is 0 Å². The molecule has 30 heavy (non-hydrogen) atoms. The third-order valence-electron chi connectivity index (χ3n) is 5.94. The lowest BCUT2D eigenvalue weighted by Gasteiger charge is -2.41. The largest absolute Gasteiger partial charge is 0.487 e. The second kappa shape index (κ2) is 9.89. The molecule has 0 atom stereocenters. The average Bonchev–Trinajstić information content (AvgIpc) is 2.80. The first-order chi connectivity index (χ1) is 14.7. The number of rotatable bonds is 6. The van der Waals surface area contributed by atoms with Gasteiger partial charge in [-0.05, 0) is 49.9 Å². The van der Waals surface area contributed by atoms with Gasteiger partial charge in [0.05, 0.1) is 6.20 Å². The number of aromatic nitrogens is 1. The van der Waals surface area contributed by atoms with Gasteiger partial charge in [-0.2, -0.15) is 0 Å². The third-order valence-corrected chi connectivity index (χ3v) is 5.94. The van der Waals surface area contributed by atoms with Crippen molar-refractivity contribution in [2.75, 3.05) is 32.8 Å². The lowest BCUT2D eigenvalue weighted by Crippen LogP contribution is -2.50. The van der Waals surface area contributed by atoms with Gasteiger partial charge >= 0.3 is 0 Å². The lowest BCUT2D eigenvalue weighted by molar-refractivity contribution is -0.135. The predicted molar refractivity (Wildman–Crippen MR) is 111 cm³/mol. The normalized spacial score (nSPS) is 18.9. The van der Waals surface area contributed by atoms with Crippen LogP contribution in [0.15, 0.2) is 48.8 Å². The van der Waals surface area contributed by atoms with Gasteiger partial charge in [0.1, 0.15) is 11.9 Å². The summed E-state index contributed by atoms with van der Waals surface area (Å²) in [6.45, 7) is 3.45. The lowest BCUT2D eigenvalue weighted by atomic mass is 9.99. The number of nitrogens with zero attached hydrogens (tertiary/aromatic N) is 3. The highest BCUT2D eigenvalue weighted by molar-refractivity contribution is 5.77. The van der Waals surface area contributed by atoms with Crippen LogP contribution in [0.1, 0.15) is 25.7 Å². The molecule has 0 spiro atoms. The van der Waals surface area contributed by atoms with Gasteiger partial charge in [0.25, 0.3) is 5.91 Å². The smallest absolute Gasteiger partial charge is 0.260 e. The number of pyridine rings is 1. The molecule has 160 valence electrons. The van der Waals surface area contributed by atoms with E-state index in [0.717, 1.165) is 51.9 Å². The highest BCUT2D eigenvalue weighted by atomic mass is 19.1. The van der Waals surface area contributed by atoms with Gasteiger partial charge in [-0.1, -0.05) is 12.1 Å². The van der Waals surface area contributed by atoms with E-state index in [2.05, 4.69) is 9.88 Å². The summed E-state index contributed by atoms with van der Waals surface area (Å²) in [5.41, 5.74) is 0. The van der Waals surface area contributed by atoms with Gasteiger partial charge in [-0.15, -0.1) is 0 Å². The van der Waals surface area contributed by atoms with Crippen LogP contribution in [0.5, 0.6) is 11.5 Å². The van der Waals surface area contributed by atoms with Crippen LogP contribution in [0, 0.1) is 5.82 Å². The molecule has 4 rings (SSSR count). The molecule has 2 aromatic rings. The number of ether oxygens (including phenoxy) is 2. The van der Waals surface area contributed by atoms with Crippen molar-refractivity contribution in [2.24, 2.45) is 0 Å². The van der Waals surface area contributed by atoms with Gasteiger partial charge in [0, 0.05) is 38.4 Å². The molecule has 6 nitrogen and oxygen atoms in total. The summed E-state index contributed by atoms with van der Waals surface area (Å²) in [6, 6.07) is 10.7. The minimum Gasteiger partial charge on any atom is -0.487 e. The first kappa shape index (κ1) is 20.6. The molecule has 0 N–H and O–H groups in total. The van der Waals surface area contributed by atoms with Crippen LogP contribution in [0.4, 0.5) is 4.39 Å². The van der Waals surface area contributed by atoms with Crippen molar-refractivity contribution < 1.29 is 18.7 Å². The zero-order valence-corrected chi connectivity index (χ0v) is 17.1. The van der Waals surface area contributed by atoms with Crippen LogP contribution >= 0.6 is 0 Å². The number of carbonyl (C=O) groups excluding carboxylic acids is 1. The Bertz CT molecular complexity index is 819. The zero-order valence-electron chi connectivity index (χ0n) is 17.1. The van der Waals surface area contributed by atoms with Crippen molar-refractivity contribution >= 4 is 5.91 Å². The van der Waals surface area contributed by atoms with E-state index in [9.17, 15) is 9.18 Å². The monoisotopic (exact) mass is 413 g/mol. The van der Waals surface area contributed by atoms with Crippen molar-refractivity contribution in [2.45, 2.75) is 37.8 Å². The number of hydrogen-bond donors (Lipinski definition) is 0. The van der Waals surface area contributed by atoms with Crippen molar-refractivity contribution in [1.82, 2.24) is 14.8 Å². The molecule has 0 bridgehead atoms. The number of piperidine rings is 2. The van der Waals surface area contributed by atoms with Crippen LogP contribution in [0.3, 0.4) is 0 Å². The first-order valence-corrected chi connectivity index (χ1v) is 10.6. The Morgan fingerprint density at radius 1 is 1.03 bits per heavy atom. The van der Waals surface area contributed by atoms with Crippen LogP contribution in [-0.4, -0.2) is 65.6 Å². The Hall–Kier alpha value is -2.67. The van der Waals surface area contributed by atoms with Crippen LogP contribution in [0.2, 0.25) is 0 Å². The van der Waals surface area contributed by atoms with Crippen LogP contribution < -0.4 is 9.47 Å². The summed E-state index contributed by atoms with van der Waals surface area (Å²) in [5.74, 6) is 0.677. The second-order valence-corrected chi connectivity index (χ2v) is 7.87. The third kappa shape index (κ3) is 5.27. The fraction of sp³-hybridized carbons (Fsp3) is 0.478. The molecule has 2 fully saturated rings. The van der Waals surface area contributed by atoms with Crippen molar-refractivity contribution in [3.63, 3.8) is 0 Å². The molecule has 1 aromatic carbocycles. The summed E-state index contributed by atoms with van der Waals surface area (Å²) >= 11 is 0. The molecule has 3 heterocycles. The molecule has 2 saturated heterocycles. The van der Waals surface area contributed by atoms with Gasteiger partial charge in [-0.3, -0.25) is 14.7 Å². The highest BCUT2D eigenvalue weighted by Gasteiger charge is 2.30. The van der Waals surface area contributed by atoms with Gasteiger partial charge in [0.2, 0.25) is 0 Å². The molecular weight excluding hydrogens is 385 g/mol. The number of benzene rings is 1. The fourth-order valence-electron chi connectivity index (χ4n) is 4.23. The Labute approximate surface area is 176 Å². The Kier molecular flexibility index (Phi) is 6.79. The maximum Gasteiger partial charge on any atom is 0.260 e. The number of carbonyl (C=O) groups is 1. The highest BCUT2D eigenvalue weighted by Crippen LogP contribution is 2.25. The van der Waals surface area contributed by atoms with Crippen molar-refractivity contribution in [3.05, 3.63) is 54.6 Å². The minimum absolute atomic E-state index is 0.0225. The van der Waals surface area contributed by atoms with E-state index < -0.39 is 0 Å². The standard InChI is InChI=1S/C23H28FN3O3/c24-21-5-1-2-6-22(21)30-19-9-14-26(15-10-19)18-7-12-27(13-8-18)23(28)17-29-20-4-3-11-25-16-20/h1-6,11,16,18-19H,7-10,12-15,17H2.